The lowest BCUT2D eigenvalue weighted by atomic mass is 10.2. The van der Waals surface area contributed by atoms with Crippen molar-refractivity contribution in [3.05, 3.63) is 32.3 Å². The molecule has 1 aromatic carbocycles. The van der Waals surface area contributed by atoms with Crippen molar-refractivity contribution in [3.63, 3.8) is 0 Å². The van der Waals surface area contributed by atoms with Crippen molar-refractivity contribution < 1.29 is 14.7 Å². The number of carboxylic acid groups (broad SMARTS) is 1. The smallest absolute Gasteiger partial charge is 0.337 e. The number of nitrogens with zero attached hydrogens (tertiary/aromatic N) is 2. The molecule has 9 heteroatoms. The van der Waals surface area contributed by atoms with Gasteiger partial charge in [-0.15, -0.1) is 10.2 Å². The van der Waals surface area contributed by atoms with Crippen LogP contribution in [0.3, 0.4) is 0 Å². The van der Waals surface area contributed by atoms with E-state index in [1.54, 1.807) is 13.0 Å². The zero-order valence-corrected chi connectivity index (χ0v) is 13.2. The number of nitrogens with one attached hydrogen (secondary N) is 2. The Kier molecular flexibility index (Phi) is 4.49. The van der Waals surface area contributed by atoms with Crippen molar-refractivity contribution in [3.8, 4) is 0 Å². The molecule has 0 aliphatic heterocycles. The van der Waals surface area contributed by atoms with Crippen molar-refractivity contribution in [2.75, 3.05) is 10.6 Å². The van der Waals surface area contributed by atoms with E-state index < -0.39 is 12.0 Å². The van der Waals surface area contributed by atoms with Crippen LogP contribution in [-0.4, -0.2) is 27.3 Å². The van der Waals surface area contributed by atoms with Crippen LogP contribution in [0.5, 0.6) is 0 Å². The van der Waals surface area contributed by atoms with Crippen LogP contribution in [0.15, 0.2) is 18.2 Å². The van der Waals surface area contributed by atoms with E-state index in [0.717, 1.165) is 8.58 Å². The zero-order valence-electron chi connectivity index (χ0n) is 10.2. The number of hydrogen-bond donors (Lipinski definition) is 3. The lowest BCUT2D eigenvalue weighted by Gasteiger charge is -2.08. The lowest BCUT2D eigenvalue weighted by molar-refractivity contribution is 0.0698. The molecule has 2 aromatic rings. The number of aromatic carboxylic acids is 1. The Balaban J connectivity index is 2.13. The normalized spacial score (nSPS) is 10.1. The number of carboxylic acids is 1. The summed E-state index contributed by atoms with van der Waals surface area (Å²) in [5.41, 5.74) is 0.247. The molecule has 0 bridgehead atoms. The molecule has 1 aromatic heterocycles. The summed E-state index contributed by atoms with van der Waals surface area (Å²) in [6.07, 6.45) is 0. The van der Waals surface area contributed by atoms with E-state index in [2.05, 4.69) is 20.8 Å². The van der Waals surface area contributed by atoms with E-state index in [-0.39, 0.29) is 11.3 Å². The average molecular weight is 404 g/mol. The van der Waals surface area contributed by atoms with Crippen molar-refractivity contribution in [1.82, 2.24) is 10.2 Å². The molecule has 104 valence electrons. The van der Waals surface area contributed by atoms with Crippen LogP contribution >= 0.6 is 33.9 Å². The van der Waals surface area contributed by atoms with Gasteiger partial charge in [-0.2, -0.15) is 0 Å². The molecule has 7 nitrogen and oxygen atoms in total. The van der Waals surface area contributed by atoms with Gasteiger partial charge in [0.15, 0.2) is 0 Å². The minimum absolute atomic E-state index is 0.0282. The second-order valence-corrected chi connectivity index (χ2v) is 6.13. The van der Waals surface area contributed by atoms with Crippen LogP contribution in [0.1, 0.15) is 15.4 Å². The minimum Gasteiger partial charge on any atom is -0.478 e. The Hall–Kier alpha value is -1.75. The summed E-state index contributed by atoms with van der Waals surface area (Å²) in [4.78, 5) is 22.9. The fourth-order valence-corrected chi connectivity index (χ4v) is 2.48. The van der Waals surface area contributed by atoms with Crippen LogP contribution in [0.2, 0.25) is 0 Å². The highest BCUT2D eigenvalue weighted by atomic mass is 127. The maximum Gasteiger partial charge on any atom is 0.337 e. The standard InChI is InChI=1S/C11H9IN4O3S/c1-5-15-16-11(20-5)14-10(19)13-8-3-2-6(12)4-7(8)9(17)18/h2-4H,1H3,(H,17,18)(H2,13,14,16,19). The Morgan fingerprint density at radius 2 is 2.05 bits per heavy atom. The number of anilines is 2. The van der Waals surface area contributed by atoms with Gasteiger partial charge >= 0.3 is 12.0 Å². The van der Waals surface area contributed by atoms with Crippen molar-refractivity contribution in [1.29, 1.82) is 0 Å². The van der Waals surface area contributed by atoms with Gasteiger partial charge in [0, 0.05) is 3.57 Å². The van der Waals surface area contributed by atoms with Gasteiger partial charge in [0.2, 0.25) is 5.13 Å². The predicted molar refractivity (Wildman–Crippen MR) is 83.4 cm³/mol. The molecule has 0 unspecified atom stereocenters. The molecule has 2 amide bonds. The molecular weight excluding hydrogens is 395 g/mol. The van der Waals surface area contributed by atoms with Crippen LogP contribution in [-0.2, 0) is 0 Å². The first-order valence-electron chi connectivity index (χ1n) is 5.36. The lowest BCUT2D eigenvalue weighted by Crippen LogP contribution is -2.21. The van der Waals surface area contributed by atoms with Crippen LogP contribution in [0.4, 0.5) is 15.6 Å². The molecule has 0 radical (unpaired) electrons. The number of amides is 2. The third-order valence-electron chi connectivity index (χ3n) is 2.21. The Morgan fingerprint density at radius 1 is 1.30 bits per heavy atom. The molecule has 0 aliphatic carbocycles. The zero-order chi connectivity index (χ0) is 14.7. The third kappa shape index (κ3) is 3.63. The maximum absolute atomic E-state index is 11.8. The molecule has 0 atom stereocenters. The number of halogens is 1. The minimum atomic E-state index is -1.11. The Morgan fingerprint density at radius 3 is 2.65 bits per heavy atom. The largest absolute Gasteiger partial charge is 0.478 e. The number of hydrogen-bond acceptors (Lipinski definition) is 5. The highest BCUT2D eigenvalue weighted by molar-refractivity contribution is 14.1. The summed E-state index contributed by atoms with van der Waals surface area (Å²) in [5.74, 6) is -1.11. The maximum atomic E-state index is 11.8. The van der Waals surface area contributed by atoms with Crippen LogP contribution < -0.4 is 10.6 Å². The Labute approximate surface area is 131 Å². The summed E-state index contributed by atoms with van der Waals surface area (Å²) in [6.45, 7) is 1.77. The van der Waals surface area contributed by atoms with E-state index in [1.807, 2.05) is 22.6 Å². The topological polar surface area (TPSA) is 104 Å². The highest BCUT2D eigenvalue weighted by Crippen LogP contribution is 2.20. The first-order chi connectivity index (χ1) is 9.45. The summed E-state index contributed by atoms with van der Waals surface area (Å²) in [5, 5.41) is 22.7. The molecule has 20 heavy (non-hydrogen) atoms. The van der Waals surface area contributed by atoms with Gasteiger partial charge in [-0.05, 0) is 47.7 Å². The van der Waals surface area contributed by atoms with Crippen molar-refractivity contribution >= 4 is 56.7 Å². The highest BCUT2D eigenvalue weighted by Gasteiger charge is 2.14. The fraction of sp³-hybridized carbons (Fsp3) is 0.0909. The summed E-state index contributed by atoms with van der Waals surface area (Å²) in [6, 6.07) is 4.16. The van der Waals surface area contributed by atoms with Gasteiger partial charge < -0.3 is 10.4 Å². The molecule has 0 spiro atoms. The molecule has 1 heterocycles. The van der Waals surface area contributed by atoms with Crippen molar-refractivity contribution in [2.45, 2.75) is 6.92 Å². The quantitative estimate of drug-likeness (QED) is 0.683. The SMILES string of the molecule is Cc1nnc(NC(=O)Nc2ccc(I)cc2C(=O)O)s1. The molecule has 2 rings (SSSR count). The van der Waals surface area contributed by atoms with Crippen LogP contribution in [0, 0.1) is 10.5 Å². The summed E-state index contributed by atoms with van der Waals surface area (Å²) >= 11 is 3.23. The molecule has 0 saturated carbocycles. The number of carbonyl (C=O) groups is 2. The second kappa shape index (κ2) is 6.13. The van der Waals surface area contributed by atoms with Gasteiger partial charge in [0.1, 0.15) is 5.01 Å². The average Bonchev–Trinajstić information content (AvgIpc) is 2.76. The first kappa shape index (κ1) is 14.7. The summed E-state index contributed by atoms with van der Waals surface area (Å²) in [7, 11) is 0. The van der Waals surface area contributed by atoms with Gasteiger partial charge in [-0.25, -0.2) is 9.59 Å². The molecule has 0 aliphatic rings. The van der Waals surface area contributed by atoms with E-state index >= 15 is 0 Å². The number of benzene rings is 1. The Bertz CT molecular complexity index is 673. The molecule has 0 saturated heterocycles. The molecule has 0 fully saturated rings. The first-order valence-corrected chi connectivity index (χ1v) is 7.26. The van der Waals surface area contributed by atoms with Gasteiger partial charge in [-0.3, -0.25) is 5.32 Å². The molecular formula is C11H9IN4O3S. The van der Waals surface area contributed by atoms with E-state index in [9.17, 15) is 9.59 Å². The van der Waals surface area contributed by atoms with Crippen molar-refractivity contribution in [2.24, 2.45) is 0 Å². The number of urea groups is 1. The van der Waals surface area contributed by atoms with Gasteiger partial charge in [-0.1, -0.05) is 11.3 Å². The molecule has 3 N–H and O–H groups in total. The van der Waals surface area contributed by atoms with E-state index in [4.69, 9.17) is 5.11 Å². The van der Waals surface area contributed by atoms with E-state index in [0.29, 0.717) is 5.13 Å². The van der Waals surface area contributed by atoms with Gasteiger partial charge in [0.05, 0.1) is 11.3 Å². The monoisotopic (exact) mass is 404 g/mol. The van der Waals surface area contributed by atoms with E-state index in [1.165, 1.54) is 23.5 Å². The number of rotatable bonds is 3. The fourth-order valence-electron chi connectivity index (χ4n) is 1.40. The third-order valence-corrected chi connectivity index (χ3v) is 3.63. The van der Waals surface area contributed by atoms with Gasteiger partial charge in [0.25, 0.3) is 0 Å². The summed E-state index contributed by atoms with van der Waals surface area (Å²) < 4.78 is 0.769. The van der Waals surface area contributed by atoms with Crippen LogP contribution in [0.25, 0.3) is 0 Å². The predicted octanol–water partition coefficient (Wildman–Crippen LogP) is 2.79. The number of aryl methyl sites for hydroxylation is 1. The number of carbonyl (C=O) groups excluding carboxylic acids is 1. The number of aromatic nitrogens is 2. The second-order valence-electron chi connectivity index (χ2n) is 3.70.